The lowest BCUT2D eigenvalue weighted by Crippen LogP contribution is -2.56. The molecule has 4 rings (SSSR count). The second-order valence-electron chi connectivity index (χ2n) is 9.39. The lowest BCUT2D eigenvalue weighted by Gasteiger charge is -2.40. The summed E-state index contributed by atoms with van der Waals surface area (Å²) in [7, 11) is 2.00. The summed E-state index contributed by atoms with van der Waals surface area (Å²) in [4.78, 5) is 21.5. The molecule has 1 saturated heterocycles. The van der Waals surface area contributed by atoms with E-state index in [0.717, 1.165) is 49.7 Å². The van der Waals surface area contributed by atoms with Crippen molar-refractivity contribution in [3.63, 3.8) is 0 Å². The molecular formula is C24H29F2N3O2S. The van der Waals surface area contributed by atoms with Crippen LogP contribution in [0.5, 0.6) is 0 Å². The third kappa shape index (κ3) is 5.28. The number of hydrogen-bond donors (Lipinski definition) is 1. The predicted molar refractivity (Wildman–Crippen MR) is 125 cm³/mol. The lowest BCUT2D eigenvalue weighted by molar-refractivity contribution is -0.154. The van der Waals surface area contributed by atoms with E-state index in [2.05, 4.69) is 11.0 Å². The zero-order valence-corrected chi connectivity index (χ0v) is 19.8. The molecule has 0 bridgehead atoms. The van der Waals surface area contributed by atoms with Crippen molar-refractivity contribution in [1.29, 1.82) is 0 Å². The first-order valence-electron chi connectivity index (χ1n) is 10.8. The highest BCUT2D eigenvalue weighted by Gasteiger charge is 2.44. The van der Waals surface area contributed by atoms with Crippen LogP contribution in [0.2, 0.25) is 0 Å². The molecule has 0 N–H and O–H groups in total. The molecule has 0 saturated carbocycles. The summed E-state index contributed by atoms with van der Waals surface area (Å²) >= 11 is 1.01. The Morgan fingerprint density at radius 1 is 1.22 bits per heavy atom. The average Bonchev–Trinajstić information content (AvgIpc) is 2.68. The third-order valence-corrected chi connectivity index (χ3v) is 6.54. The van der Waals surface area contributed by atoms with Gasteiger partial charge in [-0.3, -0.25) is 4.79 Å². The van der Waals surface area contributed by atoms with Gasteiger partial charge < -0.3 is 14.5 Å². The van der Waals surface area contributed by atoms with Crippen molar-refractivity contribution >= 4 is 34.4 Å². The molecule has 0 aliphatic carbocycles. The Balaban J connectivity index is 1.45. The van der Waals surface area contributed by atoms with Crippen LogP contribution in [-0.2, 0) is 9.53 Å². The maximum Gasteiger partial charge on any atom is 0.306 e. The fourth-order valence-electron chi connectivity index (χ4n) is 3.76. The second kappa shape index (κ2) is 8.46. The van der Waals surface area contributed by atoms with Crippen LogP contribution in [0.4, 0.5) is 25.8 Å². The number of hydrogen-bond acceptors (Lipinski definition) is 5. The Hall–Kier alpha value is -2.48. The number of rotatable bonds is 6. The molecule has 2 aromatic rings. The van der Waals surface area contributed by atoms with Crippen molar-refractivity contribution < 1.29 is 18.3 Å². The monoisotopic (exact) mass is 461 g/mol. The Labute approximate surface area is 190 Å². The molecule has 5 nitrogen and oxygen atoms in total. The molecule has 172 valence electrons. The van der Waals surface area contributed by atoms with Gasteiger partial charge >= 0.3 is 5.97 Å². The number of fused-ring (bicyclic) bond motifs is 2. The molecule has 0 radical (unpaired) electrons. The van der Waals surface area contributed by atoms with Crippen LogP contribution in [0.1, 0.15) is 33.6 Å². The standard InChI is InChI=1S/C24H29F2N3O2S/c1-23(2,3)31-22(30)6-5-11-28(4)16-7-9-18-20(12-16)32-21-13-17(8-10-19(21)27-18)29-14-24(25,26)15-29/h7-10,12-13,32H,5-6,11,14-15H2,1-4H3. The van der Waals surface area contributed by atoms with Gasteiger partial charge in [-0.15, -0.1) is 0 Å². The maximum atomic E-state index is 13.2. The third-order valence-electron chi connectivity index (χ3n) is 5.34. The minimum atomic E-state index is -2.59. The molecule has 2 aromatic carbocycles. The number of esters is 1. The predicted octanol–water partition coefficient (Wildman–Crippen LogP) is 4.74. The molecule has 8 heteroatoms. The molecular weight excluding hydrogens is 432 g/mol. The van der Waals surface area contributed by atoms with Gasteiger partial charge in [0.05, 0.1) is 24.1 Å². The zero-order chi connectivity index (χ0) is 23.1. The number of halogens is 2. The largest absolute Gasteiger partial charge is 0.460 e. The topological polar surface area (TPSA) is 45.1 Å². The summed E-state index contributed by atoms with van der Waals surface area (Å²) in [5.74, 6) is -2.77. The summed E-state index contributed by atoms with van der Waals surface area (Å²) in [6, 6.07) is 11.9. The lowest BCUT2D eigenvalue weighted by atomic mass is 10.1. The molecule has 2 heterocycles. The minimum Gasteiger partial charge on any atom is -0.460 e. The number of ether oxygens (including phenoxy) is 1. The van der Waals surface area contributed by atoms with Crippen LogP contribution >= 0.6 is 11.4 Å². The number of thiol groups is 1. The minimum absolute atomic E-state index is 0.180. The van der Waals surface area contributed by atoms with Crippen LogP contribution in [-0.4, -0.2) is 44.2 Å². The summed E-state index contributed by atoms with van der Waals surface area (Å²) in [5.41, 5.74) is 2.29. The maximum absolute atomic E-state index is 13.2. The first kappa shape index (κ1) is 22.7. The summed E-state index contributed by atoms with van der Waals surface area (Å²) in [6.45, 7) is 5.89. The van der Waals surface area contributed by atoms with Gasteiger partial charge in [0.1, 0.15) is 5.60 Å². The molecule has 1 fully saturated rings. The van der Waals surface area contributed by atoms with Crippen molar-refractivity contribution in [2.24, 2.45) is 4.99 Å². The Morgan fingerprint density at radius 3 is 2.66 bits per heavy atom. The number of nitrogens with zero attached hydrogens (tertiary/aromatic N) is 3. The van der Waals surface area contributed by atoms with Crippen molar-refractivity contribution in [2.75, 3.05) is 36.5 Å². The number of carbonyl (C=O) groups excluding carboxylic acids is 1. The van der Waals surface area contributed by atoms with E-state index in [0.29, 0.717) is 12.8 Å². The highest BCUT2D eigenvalue weighted by Crippen LogP contribution is 2.37. The number of alkyl halides is 2. The van der Waals surface area contributed by atoms with E-state index < -0.39 is 11.5 Å². The quantitative estimate of drug-likeness (QED) is 0.327. The number of anilines is 2. The van der Waals surface area contributed by atoms with Gasteiger partial charge in [-0.2, -0.15) is 11.4 Å². The summed E-state index contributed by atoms with van der Waals surface area (Å²) < 4.78 is 32.9. The van der Waals surface area contributed by atoms with E-state index >= 15 is 0 Å². The molecule has 0 amide bonds. The fraction of sp³-hybridized carbons (Fsp3) is 0.458. The summed E-state index contributed by atoms with van der Waals surface area (Å²) in [6.07, 6.45) is 1.09. The van der Waals surface area contributed by atoms with Gasteiger partial charge in [0.25, 0.3) is 5.92 Å². The second-order valence-corrected chi connectivity index (χ2v) is 10.6. The molecule has 2 aliphatic rings. The smallest absolute Gasteiger partial charge is 0.306 e. The summed E-state index contributed by atoms with van der Waals surface area (Å²) in [5, 5.41) is 0.924. The number of benzene rings is 2. The van der Waals surface area contributed by atoms with E-state index in [-0.39, 0.29) is 19.1 Å². The Morgan fingerprint density at radius 2 is 1.97 bits per heavy atom. The highest BCUT2D eigenvalue weighted by molar-refractivity contribution is 7.91. The SMILES string of the molecule is CN(CCCC(=O)OC(C)(C)C)c1ccc2c(c1)=[SH]c1cc(N3CC(F)(F)C3)ccc1N=2. The molecule has 32 heavy (non-hydrogen) atoms. The Kier molecular flexibility index (Phi) is 6.00. The van der Waals surface area contributed by atoms with E-state index in [9.17, 15) is 13.6 Å². The van der Waals surface area contributed by atoms with Crippen LogP contribution in [0, 0.1) is 4.51 Å². The van der Waals surface area contributed by atoms with E-state index in [4.69, 9.17) is 9.73 Å². The molecule has 0 atom stereocenters. The normalized spacial score (nSPS) is 16.4. The van der Waals surface area contributed by atoms with Gasteiger partial charge in [0, 0.05) is 40.8 Å². The van der Waals surface area contributed by atoms with Crippen LogP contribution < -0.4 is 15.2 Å². The van der Waals surface area contributed by atoms with Crippen LogP contribution in [0.25, 0.3) is 0 Å². The van der Waals surface area contributed by atoms with E-state index in [1.165, 1.54) is 0 Å². The van der Waals surface area contributed by atoms with Gasteiger partial charge in [-0.1, -0.05) is 0 Å². The molecule has 0 unspecified atom stereocenters. The van der Waals surface area contributed by atoms with E-state index in [1.807, 2.05) is 58.2 Å². The van der Waals surface area contributed by atoms with Crippen LogP contribution in [0.3, 0.4) is 0 Å². The number of carbonyl (C=O) groups is 1. The van der Waals surface area contributed by atoms with E-state index in [1.54, 1.807) is 4.90 Å². The van der Waals surface area contributed by atoms with Crippen molar-refractivity contribution in [1.82, 2.24) is 0 Å². The average molecular weight is 462 g/mol. The van der Waals surface area contributed by atoms with Crippen molar-refractivity contribution in [3.8, 4) is 0 Å². The first-order chi connectivity index (χ1) is 15.0. The van der Waals surface area contributed by atoms with Crippen molar-refractivity contribution in [3.05, 3.63) is 46.3 Å². The van der Waals surface area contributed by atoms with Crippen LogP contribution in [0.15, 0.2) is 46.3 Å². The van der Waals surface area contributed by atoms with Gasteiger partial charge in [0.15, 0.2) is 0 Å². The van der Waals surface area contributed by atoms with Gasteiger partial charge in [-0.05, 0) is 63.6 Å². The molecule has 0 aromatic heterocycles. The highest BCUT2D eigenvalue weighted by atomic mass is 32.1. The molecule has 0 spiro atoms. The van der Waals surface area contributed by atoms with Crippen molar-refractivity contribution in [2.45, 2.75) is 50.0 Å². The first-order valence-corrected chi connectivity index (χ1v) is 11.7. The fourth-order valence-corrected chi connectivity index (χ4v) is 4.89. The van der Waals surface area contributed by atoms with Gasteiger partial charge in [-0.25, -0.2) is 13.8 Å². The van der Waals surface area contributed by atoms with Gasteiger partial charge in [0.2, 0.25) is 0 Å². The Bertz CT molecular complexity index is 1150. The zero-order valence-electron chi connectivity index (χ0n) is 18.9. The molecule has 2 aliphatic heterocycles.